The first kappa shape index (κ1) is 24.2. The van der Waals surface area contributed by atoms with Gasteiger partial charge in [0.25, 0.3) is 0 Å². The highest BCUT2D eigenvalue weighted by Gasteiger charge is 2.12. The fraction of sp³-hybridized carbons (Fsp3) is 0.370. The average molecular weight is 446 g/mol. The van der Waals surface area contributed by atoms with E-state index in [1.165, 1.54) is 30.4 Å². The van der Waals surface area contributed by atoms with E-state index in [0.29, 0.717) is 24.8 Å². The maximum Gasteiger partial charge on any atom is 0.229 e. The number of anilines is 3. The maximum absolute atomic E-state index is 9.93. The summed E-state index contributed by atoms with van der Waals surface area (Å²) in [4.78, 5) is 21.3. The zero-order chi connectivity index (χ0) is 23.5. The van der Waals surface area contributed by atoms with Crippen LogP contribution in [0.15, 0.2) is 60.8 Å². The zero-order valence-electron chi connectivity index (χ0n) is 19.9. The number of hydrogen-bond donors (Lipinski definition) is 2. The molecule has 174 valence electrons. The molecule has 0 saturated carbocycles. The standard InChI is InChI=1S/C18H24N4.C9H11NO/c1-14(2)15-6-8-16(9-7-15)20-18-19-11-10-17(21-18)22-12-4-3-5-13-22;1-8-2-4-9(5-3-8)6-10-7-11/h6-11,14H,3-5,12-13H2,1-2H3,(H,19,20,21);2-5,7H,6H2,1H3,(H,10,11). The van der Waals surface area contributed by atoms with Gasteiger partial charge in [0.2, 0.25) is 12.4 Å². The Morgan fingerprint density at radius 1 is 0.970 bits per heavy atom. The van der Waals surface area contributed by atoms with Crippen molar-refractivity contribution in [2.75, 3.05) is 23.3 Å². The molecule has 2 aromatic carbocycles. The van der Waals surface area contributed by atoms with Gasteiger partial charge in [0.15, 0.2) is 0 Å². The van der Waals surface area contributed by atoms with Crippen molar-refractivity contribution in [3.05, 3.63) is 77.5 Å². The highest BCUT2D eigenvalue weighted by atomic mass is 16.1. The summed E-state index contributed by atoms with van der Waals surface area (Å²) < 4.78 is 0. The number of aromatic nitrogens is 2. The summed E-state index contributed by atoms with van der Waals surface area (Å²) in [6, 6.07) is 18.6. The van der Waals surface area contributed by atoms with Crippen molar-refractivity contribution >= 4 is 23.9 Å². The summed E-state index contributed by atoms with van der Waals surface area (Å²) >= 11 is 0. The highest BCUT2D eigenvalue weighted by molar-refractivity contribution is 5.55. The van der Waals surface area contributed by atoms with Crippen molar-refractivity contribution in [1.82, 2.24) is 15.3 Å². The van der Waals surface area contributed by atoms with Crippen LogP contribution in [0.1, 0.15) is 55.7 Å². The molecule has 6 nitrogen and oxygen atoms in total. The van der Waals surface area contributed by atoms with Crippen molar-refractivity contribution in [3.63, 3.8) is 0 Å². The number of amides is 1. The average Bonchev–Trinajstić information content (AvgIpc) is 2.85. The quantitative estimate of drug-likeness (QED) is 0.465. The Labute approximate surface area is 197 Å². The Bertz CT molecular complexity index is 980. The molecule has 1 aromatic heterocycles. The van der Waals surface area contributed by atoms with Crippen LogP contribution in [0.2, 0.25) is 0 Å². The van der Waals surface area contributed by atoms with Gasteiger partial charge in [0.05, 0.1) is 0 Å². The molecular weight excluding hydrogens is 410 g/mol. The van der Waals surface area contributed by atoms with Gasteiger partial charge in [0.1, 0.15) is 5.82 Å². The van der Waals surface area contributed by atoms with Gasteiger partial charge in [-0.2, -0.15) is 4.98 Å². The van der Waals surface area contributed by atoms with E-state index in [1.54, 1.807) is 0 Å². The summed E-state index contributed by atoms with van der Waals surface area (Å²) in [7, 11) is 0. The predicted octanol–water partition coefficient (Wildman–Crippen LogP) is 5.57. The van der Waals surface area contributed by atoms with Gasteiger partial charge in [0, 0.05) is 31.5 Å². The number of carbonyl (C=O) groups is 1. The number of hydrogen-bond acceptors (Lipinski definition) is 5. The lowest BCUT2D eigenvalue weighted by Gasteiger charge is -2.27. The van der Waals surface area contributed by atoms with Gasteiger partial charge in [-0.15, -0.1) is 0 Å². The van der Waals surface area contributed by atoms with Crippen LogP contribution in [0.4, 0.5) is 17.5 Å². The van der Waals surface area contributed by atoms with Gasteiger partial charge < -0.3 is 15.5 Å². The summed E-state index contributed by atoms with van der Waals surface area (Å²) in [5, 5.41) is 5.90. The van der Waals surface area contributed by atoms with Gasteiger partial charge >= 0.3 is 0 Å². The van der Waals surface area contributed by atoms with Crippen molar-refractivity contribution in [1.29, 1.82) is 0 Å². The van der Waals surface area contributed by atoms with Gasteiger partial charge in [-0.3, -0.25) is 4.79 Å². The van der Waals surface area contributed by atoms with Gasteiger partial charge in [-0.1, -0.05) is 55.8 Å². The normalized spacial score (nSPS) is 13.2. The van der Waals surface area contributed by atoms with Crippen LogP contribution in [0.25, 0.3) is 0 Å². The Hall–Kier alpha value is -3.41. The number of piperidine rings is 1. The van der Waals surface area contributed by atoms with E-state index in [0.717, 1.165) is 30.2 Å². The largest absolute Gasteiger partial charge is 0.356 e. The summed E-state index contributed by atoms with van der Waals surface area (Å²) in [6.45, 7) is 9.25. The number of aryl methyl sites for hydroxylation is 1. The fourth-order valence-electron chi connectivity index (χ4n) is 3.65. The molecule has 3 aromatic rings. The molecule has 0 spiro atoms. The lowest BCUT2D eigenvalue weighted by atomic mass is 10.0. The molecule has 2 N–H and O–H groups in total. The van der Waals surface area contributed by atoms with Crippen LogP contribution < -0.4 is 15.5 Å². The SMILES string of the molecule is CC(C)c1ccc(Nc2nccc(N3CCCCC3)n2)cc1.Cc1ccc(CNC=O)cc1. The van der Waals surface area contributed by atoms with Crippen molar-refractivity contribution < 1.29 is 4.79 Å². The zero-order valence-corrected chi connectivity index (χ0v) is 19.9. The third-order valence-electron chi connectivity index (χ3n) is 5.66. The van der Waals surface area contributed by atoms with Crippen LogP contribution in [0, 0.1) is 6.92 Å². The molecule has 0 radical (unpaired) electrons. The predicted molar refractivity (Wildman–Crippen MR) is 136 cm³/mol. The minimum atomic E-state index is 0.549. The Balaban J connectivity index is 0.000000235. The Morgan fingerprint density at radius 3 is 2.30 bits per heavy atom. The van der Waals surface area contributed by atoms with E-state index in [9.17, 15) is 4.79 Å². The first-order chi connectivity index (χ1) is 16.0. The van der Waals surface area contributed by atoms with Crippen LogP contribution in [-0.2, 0) is 11.3 Å². The van der Waals surface area contributed by atoms with E-state index in [1.807, 2.05) is 43.5 Å². The lowest BCUT2D eigenvalue weighted by Crippen LogP contribution is -2.30. The molecule has 0 bridgehead atoms. The van der Waals surface area contributed by atoms with Crippen molar-refractivity contribution in [2.24, 2.45) is 0 Å². The van der Waals surface area contributed by atoms with Crippen LogP contribution >= 0.6 is 0 Å². The second-order valence-electron chi connectivity index (χ2n) is 8.67. The molecule has 1 aliphatic heterocycles. The van der Waals surface area contributed by atoms with E-state index in [4.69, 9.17) is 0 Å². The Kier molecular flexibility index (Phi) is 9.24. The number of nitrogens with zero attached hydrogens (tertiary/aromatic N) is 3. The van der Waals surface area contributed by atoms with E-state index >= 15 is 0 Å². The molecule has 0 atom stereocenters. The van der Waals surface area contributed by atoms with Crippen LogP contribution in [0.5, 0.6) is 0 Å². The number of rotatable bonds is 7. The van der Waals surface area contributed by atoms with Gasteiger partial charge in [-0.05, 0) is 61.4 Å². The van der Waals surface area contributed by atoms with E-state index in [2.05, 4.69) is 63.6 Å². The second-order valence-corrected chi connectivity index (χ2v) is 8.67. The number of nitrogens with one attached hydrogen (secondary N) is 2. The summed E-state index contributed by atoms with van der Waals surface area (Å²) in [6.07, 6.45) is 6.38. The van der Waals surface area contributed by atoms with Crippen LogP contribution in [0.3, 0.4) is 0 Å². The third kappa shape index (κ3) is 7.90. The smallest absolute Gasteiger partial charge is 0.229 e. The van der Waals surface area contributed by atoms with Crippen LogP contribution in [-0.4, -0.2) is 29.5 Å². The summed E-state index contributed by atoms with van der Waals surface area (Å²) in [5.41, 5.74) is 4.73. The molecule has 33 heavy (non-hydrogen) atoms. The molecule has 1 fully saturated rings. The molecule has 1 aliphatic rings. The monoisotopic (exact) mass is 445 g/mol. The number of benzene rings is 2. The third-order valence-corrected chi connectivity index (χ3v) is 5.66. The van der Waals surface area contributed by atoms with Gasteiger partial charge in [-0.25, -0.2) is 4.98 Å². The van der Waals surface area contributed by atoms with E-state index < -0.39 is 0 Å². The Morgan fingerprint density at radius 2 is 1.67 bits per heavy atom. The van der Waals surface area contributed by atoms with Crippen molar-refractivity contribution in [2.45, 2.75) is 52.5 Å². The highest BCUT2D eigenvalue weighted by Crippen LogP contribution is 2.21. The molecule has 1 amide bonds. The number of carbonyl (C=O) groups excluding carboxylic acids is 1. The first-order valence-electron chi connectivity index (χ1n) is 11.7. The first-order valence-corrected chi connectivity index (χ1v) is 11.7. The fourth-order valence-corrected chi connectivity index (χ4v) is 3.65. The minimum Gasteiger partial charge on any atom is -0.356 e. The lowest BCUT2D eigenvalue weighted by molar-refractivity contribution is -0.109. The minimum absolute atomic E-state index is 0.549. The van der Waals surface area contributed by atoms with Crippen molar-refractivity contribution in [3.8, 4) is 0 Å². The second kappa shape index (κ2) is 12.6. The molecule has 1 saturated heterocycles. The molecule has 4 rings (SSSR count). The topological polar surface area (TPSA) is 70.2 Å². The van der Waals surface area contributed by atoms with E-state index in [-0.39, 0.29) is 0 Å². The molecule has 0 unspecified atom stereocenters. The molecule has 0 aliphatic carbocycles. The molecule has 2 heterocycles. The molecule has 6 heteroatoms. The maximum atomic E-state index is 9.93. The molecular formula is C27H35N5O. The summed E-state index contributed by atoms with van der Waals surface area (Å²) in [5.74, 6) is 2.24.